The van der Waals surface area contributed by atoms with Crippen LogP contribution < -0.4 is 0 Å². The summed E-state index contributed by atoms with van der Waals surface area (Å²) in [6.07, 6.45) is 0.883. The molecule has 1 heterocycles. The van der Waals surface area contributed by atoms with E-state index >= 15 is 0 Å². The molecular weight excluding hydrogens is 194 g/mol. The van der Waals surface area contributed by atoms with E-state index in [1.807, 2.05) is 0 Å². The van der Waals surface area contributed by atoms with Gasteiger partial charge in [-0.05, 0) is 12.0 Å². The Kier molecular flexibility index (Phi) is 4.51. The molecule has 0 N–H and O–H groups in total. The zero-order chi connectivity index (χ0) is 8.65. The van der Waals surface area contributed by atoms with Crippen LogP contribution in [0.3, 0.4) is 0 Å². The van der Waals surface area contributed by atoms with Crippen LogP contribution in [-0.4, -0.2) is 22.5 Å². The van der Waals surface area contributed by atoms with Gasteiger partial charge < -0.3 is 0 Å². The molecule has 5 nitrogen and oxygen atoms in total. The second kappa shape index (κ2) is 5.82. The molecule has 0 aliphatic heterocycles. The van der Waals surface area contributed by atoms with Crippen LogP contribution in [0.25, 0.3) is 10.4 Å². The van der Waals surface area contributed by atoms with Gasteiger partial charge in [-0.25, -0.2) is 0 Å². The smallest absolute Gasteiger partial charge is 0.146 e. The van der Waals surface area contributed by atoms with Crippen LogP contribution in [0.2, 0.25) is 0 Å². The summed E-state index contributed by atoms with van der Waals surface area (Å²) < 4.78 is 0.968. The Labute approximate surface area is 77.8 Å². The minimum atomic E-state index is 0.558. The normalized spacial score (nSPS) is 9.33. The number of rotatable bonds is 5. The molecule has 0 fully saturated rings. The first-order valence-corrected chi connectivity index (χ1v) is 5.20. The molecule has 0 saturated carbocycles. The maximum absolute atomic E-state index is 7.98. The zero-order valence-corrected chi connectivity index (χ0v) is 7.88. The van der Waals surface area contributed by atoms with Gasteiger partial charge in [0.2, 0.25) is 0 Å². The van der Waals surface area contributed by atoms with Crippen molar-refractivity contribution >= 4 is 23.1 Å². The van der Waals surface area contributed by atoms with E-state index in [-0.39, 0.29) is 0 Å². The summed E-state index contributed by atoms with van der Waals surface area (Å²) in [4.78, 5) is 2.66. The molecule has 0 unspecified atom stereocenters. The highest BCUT2D eigenvalue weighted by atomic mass is 32.2. The first-order chi connectivity index (χ1) is 5.93. The molecule has 0 bridgehead atoms. The average Bonchev–Trinajstić information content (AvgIpc) is 2.57. The zero-order valence-electron chi connectivity index (χ0n) is 6.25. The van der Waals surface area contributed by atoms with Gasteiger partial charge in [0.1, 0.15) is 5.51 Å². The van der Waals surface area contributed by atoms with Crippen molar-refractivity contribution in [3.63, 3.8) is 0 Å². The highest BCUT2D eigenvalue weighted by molar-refractivity contribution is 8.00. The first-order valence-electron chi connectivity index (χ1n) is 3.33. The van der Waals surface area contributed by atoms with Crippen molar-refractivity contribution in [2.24, 2.45) is 5.11 Å². The molecule has 0 saturated heterocycles. The first kappa shape index (κ1) is 9.31. The van der Waals surface area contributed by atoms with Crippen molar-refractivity contribution in [3.8, 4) is 0 Å². The molecule has 64 valence electrons. The standard InChI is InChI=1S/C5H7N5S2/c6-10-7-2-1-3-11-5-9-8-4-12-5/h4H,1-3H2. The van der Waals surface area contributed by atoms with Crippen molar-refractivity contribution < 1.29 is 0 Å². The number of aromatic nitrogens is 2. The highest BCUT2D eigenvalue weighted by Crippen LogP contribution is 2.19. The molecule has 0 aromatic carbocycles. The predicted octanol–water partition coefficient (Wildman–Crippen LogP) is 2.33. The lowest BCUT2D eigenvalue weighted by molar-refractivity contribution is 0.928. The van der Waals surface area contributed by atoms with E-state index in [2.05, 4.69) is 20.2 Å². The largest absolute Gasteiger partial charge is 0.174 e. The van der Waals surface area contributed by atoms with Gasteiger partial charge in [0.05, 0.1) is 0 Å². The van der Waals surface area contributed by atoms with Crippen molar-refractivity contribution in [2.75, 3.05) is 12.3 Å². The summed E-state index contributed by atoms with van der Waals surface area (Å²) in [5.74, 6) is 0.925. The monoisotopic (exact) mass is 201 g/mol. The fraction of sp³-hybridized carbons (Fsp3) is 0.600. The fourth-order valence-electron chi connectivity index (χ4n) is 0.565. The summed E-state index contributed by atoms with van der Waals surface area (Å²) >= 11 is 3.16. The van der Waals surface area contributed by atoms with Crippen LogP contribution in [0.1, 0.15) is 6.42 Å². The van der Waals surface area contributed by atoms with Gasteiger partial charge in [0, 0.05) is 17.2 Å². The van der Waals surface area contributed by atoms with Crippen molar-refractivity contribution in [2.45, 2.75) is 10.8 Å². The van der Waals surface area contributed by atoms with Gasteiger partial charge in [-0.1, -0.05) is 28.2 Å². The quantitative estimate of drug-likeness (QED) is 0.241. The number of hydrogen-bond donors (Lipinski definition) is 0. The van der Waals surface area contributed by atoms with Crippen molar-refractivity contribution in [3.05, 3.63) is 16.0 Å². The predicted molar refractivity (Wildman–Crippen MR) is 49.3 cm³/mol. The molecule has 1 rings (SSSR count). The molecular formula is C5H7N5S2. The lowest BCUT2D eigenvalue weighted by Crippen LogP contribution is -1.82. The molecule has 0 radical (unpaired) electrons. The minimum absolute atomic E-state index is 0.558. The molecule has 0 aliphatic carbocycles. The summed E-state index contributed by atoms with van der Waals surface area (Å²) in [7, 11) is 0. The van der Waals surface area contributed by atoms with E-state index in [0.717, 1.165) is 16.5 Å². The topological polar surface area (TPSA) is 74.5 Å². The van der Waals surface area contributed by atoms with Crippen molar-refractivity contribution in [1.29, 1.82) is 0 Å². The molecule has 1 aromatic rings. The second-order valence-corrected chi connectivity index (χ2v) is 4.04. The van der Waals surface area contributed by atoms with Crippen molar-refractivity contribution in [1.82, 2.24) is 10.2 Å². The lowest BCUT2D eigenvalue weighted by atomic mass is 10.5. The molecule has 7 heteroatoms. The fourth-order valence-corrected chi connectivity index (χ4v) is 2.05. The number of hydrogen-bond acceptors (Lipinski definition) is 5. The SMILES string of the molecule is [N-]=[N+]=NCCCSc1nncs1. The van der Waals surface area contributed by atoms with E-state index in [4.69, 9.17) is 5.53 Å². The highest BCUT2D eigenvalue weighted by Gasteiger charge is 1.95. The molecule has 1 aromatic heterocycles. The van der Waals surface area contributed by atoms with Crippen LogP contribution in [-0.2, 0) is 0 Å². The van der Waals surface area contributed by atoms with Gasteiger partial charge >= 0.3 is 0 Å². The third-order valence-electron chi connectivity index (χ3n) is 1.03. The molecule has 0 atom stereocenters. The Balaban J connectivity index is 2.07. The van der Waals surface area contributed by atoms with Crippen LogP contribution in [0.5, 0.6) is 0 Å². The van der Waals surface area contributed by atoms with Gasteiger partial charge in [0.25, 0.3) is 0 Å². The van der Waals surface area contributed by atoms with Crippen LogP contribution >= 0.6 is 23.1 Å². The van der Waals surface area contributed by atoms with Gasteiger partial charge in [-0.2, -0.15) is 0 Å². The lowest BCUT2D eigenvalue weighted by Gasteiger charge is -1.91. The second-order valence-electron chi connectivity index (χ2n) is 1.86. The van der Waals surface area contributed by atoms with E-state index in [0.29, 0.717) is 6.54 Å². The van der Waals surface area contributed by atoms with E-state index < -0.39 is 0 Å². The summed E-state index contributed by atoms with van der Waals surface area (Å²) in [6, 6.07) is 0. The number of nitrogens with zero attached hydrogens (tertiary/aromatic N) is 5. The third-order valence-corrected chi connectivity index (χ3v) is 2.98. The maximum Gasteiger partial charge on any atom is 0.174 e. The van der Waals surface area contributed by atoms with Crippen LogP contribution in [0, 0.1) is 0 Å². The third kappa shape index (κ3) is 3.56. The summed E-state index contributed by atoms with van der Waals surface area (Å²) in [6.45, 7) is 0.558. The minimum Gasteiger partial charge on any atom is -0.146 e. The van der Waals surface area contributed by atoms with Crippen LogP contribution in [0.15, 0.2) is 15.0 Å². The van der Waals surface area contributed by atoms with E-state index in [9.17, 15) is 0 Å². The Bertz CT molecular complexity index is 253. The van der Waals surface area contributed by atoms with Crippen LogP contribution in [0.4, 0.5) is 0 Å². The molecule has 0 amide bonds. The molecule has 12 heavy (non-hydrogen) atoms. The van der Waals surface area contributed by atoms with Gasteiger partial charge in [-0.3, -0.25) is 0 Å². The Hall–Kier alpha value is -0.780. The van der Waals surface area contributed by atoms with Gasteiger partial charge in [0.15, 0.2) is 4.34 Å². The molecule has 0 spiro atoms. The number of azide groups is 1. The average molecular weight is 201 g/mol. The molecule has 0 aliphatic rings. The maximum atomic E-state index is 7.98. The number of thioether (sulfide) groups is 1. The van der Waals surface area contributed by atoms with E-state index in [1.54, 1.807) is 17.3 Å². The Morgan fingerprint density at radius 1 is 1.75 bits per heavy atom. The summed E-state index contributed by atoms with van der Waals surface area (Å²) in [5, 5.41) is 11.0. The summed E-state index contributed by atoms with van der Waals surface area (Å²) in [5.41, 5.74) is 9.68. The van der Waals surface area contributed by atoms with Gasteiger partial charge in [-0.15, -0.1) is 10.2 Å². The Morgan fingerprint density at radius 2 is 2.67 bits per heavy atom. The van der Waals surface area contributed by atoms with E-state index in [1.165, 1.54) is 11.3 Å². The Morgan fingerprint density at radius 3 is 3.33 bits per heavy atom.